The topological polar surface area (TPSA) is 51.2 Å². The molecule has 4 nitrogen and oxygen atoms in total. The molecule has 0 unspecified atom stereocenters. The summed E-state index contributed by atoms with van der Waals surface area (Å²) in [6, 6.07) is 1.91. The van der Waals surface area contributed by atoms with E-state index in [1.807, 2.05) is 6.07 Å². The van der Waals surface area contributed by atoms with Crippen LogP contribution in [0.15, 0.2) is 16.7 Å². The Hall–Kier alpha value is -0.940. The van der Waals surface area contributed by atoms with E-state index in [9.17, 15) is 4.79 Å². The van der Waals surface area contributed by atoms with Crippen molar-refractivity contribution in [2.75, 3.05) is 18.5 Å². The molecule has 3 rings (SSSR count). The third-order valence-corrected chi connectivity index (χ3v) is 3.77. The van der Waals surface area contributed by atoms with Crippen LogP contribution in [0.3, 0.4) is 0 Å². The van der Waals surface area contributed by atoms with Crippen molar-refractivity contribution in [3.63, 3.8) is 0 Å². The highest BCUT2D eigenvalue weighted by Crippen LogP contribution is 2.43. The number of nitrogens with one attached hydrogen (secondary N) is 1. The Labute approximate surface area is 102 Å². The number of nitrogens with zero attached hydrogens (tertiary/aromatic N) is 1. The maximum atomic E-state index is 12.1. The number of halogens is 1. The molecule has 0 bridgehead atoms. The van der Waals surface area contributed by atoms with Gasteiger partial charge >= 0.3 is 0 Å². The van der Waals surface area contributed by atoms with Gasteiger partial charge in [-0.1, -0.05) is 0 Å². The Kier molecular flexibility index (Phi) is 2.26. The number of ether oxygens (including phenoxy) is 1. The van der Waals surface area contributed by atoms with Crippen molar-refractivity contribution in [2.24, 2.45) is 0 Å². The van der Waals surface area contributed by atoms with Crippen molar-refractivity contribution in [2.45, 2.75) is 18.3 Å². The number of carbonyl (C=O) groups is 1. The molecule has 1 spiro atoms. The van der Waals surface area contributed by atoms with Crippen LogP contribution < -0.4 is 5.32 Å². The van der Waals surface area contributed by atoms with E-state index in [-0.39, 0.29) is 5.91 Å². The lowest BCUT2D eigenvalue weighted by Crippen LogP contribution is -2.40. The molecule has 1 N–H and O–H groups in total. The predicted molar refractivity (Wildman–Crippen MR) is 62.3 cm³/mol. The maximum Gasteiger partial charge on any atom is 0.236 e. The molecule has 2 aliphatic heterocycles. The molecule has 3 heterocycles. The van der Waals surface area contributed by atoms with E-state index in [0.717, 1.165) is 28.7 Å². The van der Waals surface area contributed by atoms with E-state index in [0.29, 0.717) is 13.2 Å². The van der Waals surface area contributed by atoms with Crippen molar-refractivity contribution >= 4 is 27.5 Å². The van der Waals surface area contributed by atoms with E-state index in [1.54, 1.807) is 6.20 Å². The molecule has 0 aromatic carbocycles. The summed E-state index contributed by atoms with van der Waals surface area (Å²) in [6.45, 7) is 1.26. The second-order valence-corrected chi connectivity index (χ2v) is 5.11. The van der Waals surface area contributed by atoms with Gasteiger partial charge in [0.05, 0.1) is 16.8 Å². The monoisotopic (exact) mass is 282 g/mol. The average Bonchev–Trinajstić information content (AvgIpc) is 2.53. The van der Waals surface area contributed by atoms with Gasteiger partial charge in [0.25, 0.3) is 0 Å². The molecule has 1 saturated heterocycles. The van der Waals surface area contributed by atoms with Gasteiger partial charge in [-0.25, -0.2) is 0 Å². The van der Waals surface area contributed by atoms with Crippen LogP contribution in [0.4, 0.5) is 5.69 Å². The largest absolute Gasteiger partial charge is 0.381 e. The Bertz CT molecular complexity index is 455. The van der Waals surface area contributed by atoms with Crippen LogP contribution in [0.5, 0.6) is 0 Å². The Morgan fingerprint density at radius 1 is 1.44 bits per heavy atom. The fourth-order valence-corrected chi connectivity index (χ4v) is 2.78. The first-order valence-electron chi connectivity index (χ1n) is 5.28. The van der Waals surface area contributed by atoms with Gasteiger partial charge in [-0.05, 0) is 34.8 Å². The lowest BCUT2D eigenvalue weighted by atomic mass is 9.78. The number of carbonyl (C=O) groups excluding carboxylic acids is 1. The molecule has 2 aliphatic rings. The summed E-state index contributed by atoms with van der Waals surface area (Å²) in [5.74, 6) is 0.0661. The molecule has 0 aliphatic carbocycles. The van der Waals surface area contributed by atoms with E-state index in [2.05, 4.69) is 26.2 Å². The summed E-state index contributed by atoms with van der Waals surface area (Å²) in [6.07, 6.45) is 3.19. The third-order valence-electron chi connectivity index (χ3n) is 3.34. The number of pyridine rings is 1. The lowest BCUT2D eigenvalue weighted by molar-refractivity contribution is -0.124. The SMILES string of the molecule is O=C1Nc2cc(Br)cnc2C12CCOCC2. The normalized spacial score (nSPS) is 21.9. The molecule has 1 fully saturated rings. The fraction of sp³-hybridized carbons (Fsp3) is 0.455. The zero-order chi connectivity index (χ0) is 11.2. The van der Waals surface area contributed by atoms with Gasteiger partial charge in [-0.3, -0.25) is 9.78 Å². The molecular weight excluding hydrogens is 272 g/mol. The summed E-state index contributed by atoms with van der Waals surface area (Å²) in [7, 11) is 0. The van der Waals surface area contributed by atoms with Crippen molar-refractivity contribution in [1.29, 1.82) is 0 Å². The molecule has 0 saturated carbocycles. The predicted octanol–water partition coefficient (Wildman–Crippen LogP) is 1.84. The smallest absolute Gasteiger partial charge is 0.236 e. The molecule has 1 aromatic heterocycles. The molecule has 0 atom stereocenters. The van der Waals surface area contributed by atoms with E-state index >= 15 is 0 Å². The molecule has 84 valence electrons. The minimum absolute atomic E-state index is 0.0661. The van der Waals surface area contributed by atoms with Gasteiger partial charge in [0.15, 0.2) is 0 Å². The average molecular weight is 283 g/mol. The number of hydrogen-bond donors (Lipinski definition) is 1. The number of aromatic nitrogens is 1. The van der Waals surface area contributed by atoms with Crippen LogP contribution in [0.2, 0.25) is 0 Å². The number of fused-ring (bicyclic) bond motifs is 2. The van der Waals surface area contributed by atoms with Gasteiger partial charge in [0.1, 0.15) is 0 Å². The van der Waals surface area contributed by atoms with Crippen LogP contribution in [-0.2, 0) is 14.9 Å². The standard InChI is InChI=1S/C11H11BrN2O2/c12-7-5-8-9(13-6-7)11(10(15)14-8)1-3-16-4-2-11/h5-6H,1-4H2,(H,14,15). The number of anilines is 1. The van der Waals surface area contributed by atoms with Crippen molar-refractivity contribution in [3.8, 4) is 0 Å². The molecule has 16 heavy (non-hydrogen) atoms. The van der Waals surface area contributed by atoms with Gasteiger partial charge in [0, 0.05) is 23.9 Å². The minimum Gasteiger partial charge on any atom is -0.381 e. The first-order valence-corrected chi connectivity index (χ1v) is 6.07. The number of hydrogen-bond acceptors (Lipinski definition) is 3. The molecule has 5 heteroatoms. The third kappa shape index (κ3) is 1.31. The zero-order valence-corrected chi connectivity index (χ0v) is 10.2. The molecule has 1 aromatic rings. The Morgan fingerprint density at radius 3 is 2.94 bits per heavy atom. The van der Waals surface area contributed by atoms with Crippen LogP contribution >= 0.6 is 15.9 Å². The second kappa shape index (κ2) is 3.53. The van der Waals surface area contributed by atoms with Crippen LogP contribution in [0.25, 0.3) is 0 Å². The minimum atomic E-state index is -0.450. The zero-order valence-electron chi connectivity index (χ0n) is 8.62. The van der Waals surface area contributed by atoms with Crippen LogP contribution in [-0.4, -0.2) is 24.1 Å². The number of rotatable bonds is 0. The van der Waals surface area contributed by atoms with E-state index in [4.69, 9.17) is 4.74 Å². The first-order chi connectivity index (χ1) is 7.72. The van der Waals surface area contributed by atoms with Gasteiger partial charge in [-0.2, -0.15) is 0 Å². The van der Waals surface area contributed by atoms with E-state index in [1.165, 1.54) is 0 Å². The van der Waals surface area contributed by atoms with Gasteiger partial charge < -0.3 is 10.1 Å². The summed E-state index contributed by atoms with van der Waals surface area (Å²) < 4.78 is 6.21. The summed E-state index contributed by atoms with van der Waals surface area (Å²) in [5, 5.41) is 2.91. The highest BCUT2D eigenvalue weighted by Gasteiger charge is 2.48. The lowest BCUT2D eigenvalue weighted by Gasteiger charge is -2.30. The molecule has 0 radical (unpaired) electrons. The summed E-state index contributed by atoms with van der Waals surface area (Å²) >= 11 is 3.36. The van der Waals surface area contributed by atoms with Crippen molar-refractivity contribution < 1.29 is 9.53 Å². The Morgan fingerprint density at radius 2 is 2.19 bits per heavy atom. The van der Waals surface area contributed by atoms with Crippen LogP contribution in [0.1, 0.15) is 18.5 Å². The number of amides is 1. The first kappa shape index (κ1) is 10.2. The van der Waals surface area contributed by atoms with Crippen LogP contribution in [0, 0.1) is 0 Å². The fourth-order valence-electron chi connectivity index (χ4n) is 2.45. The molecular formula is C11H11BrN2O2. The highest BCUT2D eigenvalue weighted by atomic mass is 79.9. The van der Waals surface area contributed by atoms with Gasteiger partial charge in [0.2, 0.25) is 5.91 Å². The summed E-state index contributed by atoms with van der Waals surface area (Å²) in [5.41, 5.74) is 1.26. The summed E-state index contributed by atoms with van der Waals surface area (Å²) in [4.78, 5) is 16.5. The van der Waals surface area contributed by atoms with Crippen molar-refractivity contribution in [1.82, 2.24) is 4.98 Å². The van der Waals surface area contributed by atoms with E-state index < -0.39 is 5.41 Å². The highest BCUT2D eigenvalue weighted by molar-refractivity contribution is 9.10. The quantitative estimate of drug-likeness (QED) is 0.790. The molecule has 1 amide bonds. The second-order valence-electron chi connectivity index (χ2n) is 4.20. The maximum absolute atomic E-state index is 12.1. The van der Waals surface area contributed by atoms with Gasteiger partial charge in [-0.15, -0.1) is 0 Å². The Balaban J connectivity index is 2.11. The van der Waals surface area contributed by atoms with Crippen molar-refractivity contribution in [3.05, 3.63) is 22.4 Å².